The molecule has 0 radical (unpaired) electrons. The van der Waals surface area contributed by atoms with Gasteiger partial charge in [0.25, 0.3) is 0 Å². The maximum absolute atomic E-state index is 6.31. The maximum atomic E-state index is 6.31. The second kappa shape index (κ2) is 4.55. The van der Waals surface area contributed by atoms with Crippen molar-refractivity contribution in [1.29, 1.82) is 0 Å². The molecule has 1 fully saturated rings. The quantitative estimate of drug-likeness (QED) is 0.732. The molecule has 6 rings (SSSR count). The summed E-state index contributed by atoms with van der Waals surface area (Å²) < 4.78 is 12.6. The number of hydrogen-bond acceptors (Lipinski definition) is 2. The van der Waals surface area contributed by atoms with E-state index in [9.17, 15) is 0 Å². The molecular weight excluding hydrogens is 272 g/mol. The van der Waals surface area contributed by atoms with Crippen LogP contribution in [0.3, 0.4) is 0 Å². The molecule has 0 spiro atoms. The lowest BCUT2D eigenvalue weighted by Gasteiger charge is -2.40. The minimum absolute atomic E-state index is 0.134. The average molecular weight is 290 g/mol. The molecule has 1 heterocycles. The third-order valence-corrected chi connectivity index (χ3v) is 5.15. The molecule has 2 heteroatoms. The van der Waals surface area contributed by atoms with Gasteiger partial charge in [0.05, 0.1) is 12.2 Å². The first kappa shape index (κ1) is 12.6. The van der Waals surface area contributed by atoms with Crippen LogP contribution in [-0.2, 0) is 9.47 Å². The lowest BCUT2D eigenvalue weighted by atomic mass is 9.68. The molecule has 1 aliphatic heterocycles. The van der Waals surface area contributed by atoms with Crippen LogP contribution in [0.5, 0.6) is 0 Å². The SMILES string of the molecule is Cc1ccc2c(c1)[C@H]1C=C[C@@H]2[C@@H]2OC(c3ccccc3)O[C@@H]21. The second-order valence-electron chi connectivity index (χ2n) is 6.51. The fraction of sp³-hybridized carbons (Fsp3) is 0.300. The number of ether oxygens (including phenoxy) is 2. The van der Waals surface area contributed by atoms with Gasteiger partial charge in [-0.2, -0.15) is 0 Å². The van der Waals surface area contributed by atoms with Gasteiger partial charge in [0.15, 0.2) is 6.29 Å². The Bertz CT molecular complexity index is 750. The predicted octanol–water partition coefficient (Wildman–Crippen LogP) is 4.23. The highest BCUT2D eigenvalue weighted by Gasteiger charge is 2.51. The molecule has 0 aromatic heterocycles. The first-order valence-electron chi connectivity index (χ1n) is 7.96. The van der Waals surface area contributed by atoms with Gasteiger partial charge in [0.1, 0.15) is 0 Å². The molecule has 22 heavy (non-hydrogen) atoms. The highest BCUT2D eigenvalue weighted by atomic mass is 16.7. The summed E-state index contributed by atoms with van der Waals surface area (Å²) in [6.45, 7) is 2.16. The molecule has 2 bridgehead atoms. The predicted molar refractivity (Wildman–Crippen MR) is 84.7 cm³/mol. The van der Waals surface area contributed by atoms with Crippen LogP contribution in [-0.4, -0.2) is 12.2 Å². The van der Waals surface area contributed by atoms with E-state index in [0.717, 1.165) is 5.56 Å². The van der Waals surface area contributed by atoms with Crippen molar-refractivity contribution in [3.05, 3.63) is 82.9 Å². The topological polar surface area (TPSA) is 18.5 Å². The summed E-state index contributed by atoms with van der Waals surface area (Å²) in [6, 6.07) is 17.0. The Morgan fingerprint density at radius 2 is 1.45 bits per heavy atom. The number of aryl methyl sites for hydroxylation is 1. The van der Waals surface area contributed by atoms with Crippen LogP contribution in [0.2, 0.25) is 0 Å². The Morgan fingerprint density at radius 1 is 0.773 bits per heavy atom. The maximum Gasteiger partial charge on any atom is 0.184 e. The molecule has 2 aromatic carbocycles. The van der Waals surface area contributed by atoms with Gasteiger partial charge in [0, 0.05) is 17.4 Å². The van der Waals surface area contributed by atoms with Gasteiger partial charge in [-0.05, 0) is 18.1 Å². The van der Waals surface area contributed by atoms with Gasteiger partial charge >= 0.3 is 0 Å². The van der Waals surface area contributed by atoms with E-state index in [4.69, 9.17) is 9.47 Å². The van der Waals surface area contributed by atoms with Crippen molar-refractivity contribution >= 4 is 0 Å². The Morgan fingerprint density at radius 3 is 2.18 bits per heavy atom. The van der Waals surface area contributed by atoms with E-state index in [2.05, 4.69) is 49.4 Å². The van der Waals surface area contributed by atoms with E-state index >= 15 is 0 Å². The van der Waals surface area contributed by atoms with Crippen LogP contribution in [0.1, 0.15) is 40.4 Å². The minimum atomic E-state index is -0.239. The van der Waals surface area contributed by atoms with E-state index in [0.29, 0.717) is 11.8 Å². The zero-order valence-electron chi connectivity index (χ0n) is 12.5. The number of rotatable bonds is 1. The van der Waals surface area contributed by atoms with Gasteiger partial charge in [-0.15, -0.1) is 0 Å². The number of hydrogen-bond donors (Lipinski definition) is 0. The average Bonchev–Trinajstić information content (AvgIpc) is 3.02. The Hall–Kier alpha value is -1.90. The van der Waals surface area contributed by atoms with Crippen LogP contribution in [0.4, 0.5) is 0 Å². The van der Waals surface area contributed by atoms with Crippen LogP contribution >= 0.6 is 0 Å². The third-order valence-electron chi connectivity index (χ3n) is 5.15. The van der Waals surface area contributed by atoms with Crippen molar-refractivity contribution in [3.63, 3.8) is 0 Å². The highest BCUT2D eigenvalue weighted by molar-refractivity contribution is 5.49. The van der Waals surface area contributed by atoms with E-state index in [-0.39, 0.29) is 18.5 Å². The van der Waals surface area contributed by atoms with E-state index in [1.54, 1.807) is 0 Å². The van der Waals surface area contributed by atoms with Crippen molar-refractivity contribution in [2.24, 2.45) is 0 Å². The molecular formula is C20H18O2. The Kier molecular flexibility index (Phi) is 2.61. The van der Waals surface area contributed by atoms with Crippen molar-refractivity contribution in [2.45, 2.75) is 37.3 Å². The molecule has 110 valence electrons. The zero-order valence-corrected chi connectivity index (χ0v) is 12.5. The van der Waals surface area contributed by atoms with Crippen LogP contribution < -0.4 is 0 Å². The van der Waals surface area contributed by atoms with Crippen LogP contribution in [0.25, 0.3) is 0 Å². The molecule has 0 amide bonds. The van der Waals surface area contributed by atoms with Crippen molar-refractivity contribution in [2.75, 3.05) is 0 Å². The van der Waals surface area contributed by atoms with E-state index in [1.807, 2.05) is 18.2 Å². The van der Waals surface area contributed by atoms with Crippen molar-refractivity contribution < 1.29 is 9.47 Å². The van der Waals surface area contributed by atoms with Crippen LogP contribution in [0.15, 0.2) is 60.7 Å². The molecule has 1 saturated heterocycles. The van der Waals surface area contributed by atoms with Crippen LogP contribution in [0, 0.1) is 6.92 Å². The van der Waals surface area contributed by atoms with Gasteiger partial charge in [0.2, 0.25) is 0 Å². The summed E-state index contributed by atoms with van der Waals surface area (Å²) >= 11 is 0. The molecule has 1 unspecified atom stereocenters. The number of benzene rings is 2. The van der Waals surface area contributed by atoms with Gasteiger partial charge in [-0.3, -0.25) is 0 Å². The Balaban J connectivity index is 1.54. The second-order valence-corrected chi connectivity index (χ2v) is 6.51. The van der Waals surface area contributed by atoms with Gasteiger partial charge in [-0.25, -0.2) is 0 Å². The lowest BCUT2D eigenvalue weighted by Crippen LogP contribution is -2.41. The first-order valence-corrected chi connectivity index (χ1v) is 7.96. The highest BCUT2D eigenvalue weighted by Crippen LogP contribution is 2.53. The lowest BCUT2D eigenvalue weighted by molar-refractivity contribution is -0.0693. The first-order chi connectivity index (χ1) is 10.8. The summed E-state index contributed by atoms with van der Waals surface area (Å²) in [5.41, 5.74) is 5.26. The third kappa shape index (κ3) is 1.68. The smallest absolute Gasteiger partial charge is 0.184 e. The zero-order chi connectivity index (χ0) is 14.7. The molecule has 5 atom stereocenters. The van der Waals surface area contributed by atoms with E-state index in [1.165, 1.54) is 16.7 Å². The van der Waals surface area contributed by atoms with Crippen molar-refractivity contribution in [3.8, 4) is 0 Å². The minimum Gasteiger partial charge on any atom is -0.341 e. The summed E-state index contributed by atoms with van der Waals surface area (Å²) in [7, 11) is 0. The molecule has 0 N–H and O–H groups in total. The van der Waals surface area contributed by atoms with E-state index < -0.39 is 0 Å². The van der Waals surface area contributed by atoms with Gasteiger partial charge in [-0.1, -0.05) is 66.2 Å². The molecule has 4 aliphatic rings. The molecule has 2 nitrogen and oxygen atoms in total. The molecule has 0 saturated carbocycles. The summed E-state index contributed by atoms with van der Waals surface area (Å²) in [6.07, 6.45) is 4.64. The molecule has 2 aromatic rings. The summed E-state index contributed by atoms with van der Waals surface area (Å²) in [5, 5.41) is 0. The summed E-state index contributed by atoms with van der Waals surface area (Å²) in [4.78, 5) is 0. The summed E-state index contributed by atoms with van der Waals surface area (Å²) in [5.74, 6) is 0.637. The standard InChI is InChI=1S/C20H18O2/c1-12-7-8-14-15-9-10-16(17(14)11-12)19-18(15)21-20(22-19)13-5-3-2-4-6-13/h2-11,15-16,18-20H,1H3/t15-,16+,18-,19+,20?/m0/s1. The fourth-order valence-corrected chi connectivity index (χ4v) is 4.12. The van der Waals surface area contributed by atoms with Gasteiger partial charge < -0.3 is 9.47 Å². The fourth-order valence-electron chi connectivity index (χ4n) is 4.12. The normalized spacial score (nSPS) is 34.5. The monoisotopic (exact) mass is 290 g/mol. The molecule has 3 aliphatic carbocycles. The Labute approximate surface area is 130 Å². The van der Waals surface area contributed by atoms with Crippen molar-refractivity contribution in [1.82, 2.24) is 0 Å². The largest absolute Gasteiger partial charge is 0.341 e.